The van der Waals surface area contributed by atoms with Crippen molar-refractivity contribution < 1.29 is 13.2 Å². The molecule has 0 saturated carbocycles. The molecule has 2 aromatic carbocycles. The zero-order chi connectivity index (χ0) is 14.0. The predicted octanol–water partition coefficient (Wildman–Crippen LogP) is 4.77. The number of halogens is 5. The molecule has 7 heteroatoms. The molecule has 0 aliphatic carbocycles. The Bertz CT molecular complexity index is 576. The van der Waals surface area contributed by atoms with Crippen molar-refractivity contribution in [2.24, 2.45) is 0 Å². The summed E-state index contributed by atoms with van der Waals surface area (Å²) in [7, 11) is 0. The highest BCUT2D eigenvalue weighted by atomic mass is 35.5. The molecule has 2 nitrogen and oxygen atoms in total. The Morgan fingerprint density at radius 2 is 1.37 bits per heavy atom. The number of benzene rings is 2. The van der Waals surface area contributed by atoms with Crippen LogP contribution in [0.1, 0.15) is 0 Å². The van der Waals surface area contributed by atoms with Crippen LogP contribution >= 0.6 is 23.6 Å². The first-order valence-corrected chi connectivity index (χ1v) is 5.79. The van der Waals surface area contributed by atoms with E-state index in [2.05, 4.69) is 0 Å². The Balaban J connectivity index is 2.48. The van der Waals surface area contributed by atoms with Gasteiger partial charge in [0.25, 0.3) is 0 Å². The van der Waals surface area contributed by atoms with Gasteiger partial charge < -0.3 is 0 Å². The highest BCUT2D eigenvalue weighted by Crippen LogP contribution is 2.32. The molecular weight excluding hydrogens is 300 g/mol. The van der Waals surface area contributed by atoms with Crippen LogP contribution in [0.5, 0.6) is 0 Å². The minimum absolute atomic E-state index is 0.0713. The molecule has 0 fully saturated rings. The second-order valence-electron chi connectivity index (χ2n) is 3.60. The monoisotopic (exact) mass is 306 g/mol. The van der Waals surface area contributed by atoms with E-state index in [-0.39, 0.29) is 5.69 Å². The van der Waals surface area contributed by atoms with E-state index < -0.39 is 17.5 Å². The largest absolute Gasteiger partial charge is 0.243 e. The van der Waals surface area contributed by atoms with Crippen LogP contribution in [-0.4, -0.2) is 4.05 Å². The number of anilines is 2. The minimum Gasteiger partial charge on any atom is -0.243 e. The highest BCUT2D eigenvalue weighted by Gasteiger charge is 2.19. The molecule has 0 aromatic heterocycles. The molecule has 100 valence electrons. The third kappa shape index (κ3) is 3.12. The molecule has 0 bridgehead atoms. The number of hydrogen-bond donors (Lipinski definition) is 0. The summed E-state index contributed by atoms with van der Waals surface area (Å²) in [5.74, 6) is -2.04. The van der Waals surface area contributed by atoms with Crippen molar-refractivity contribution in [1.29, 1.82) is 0 Å². The Labute approximate surface area is 117 Å². The number of hydrogen-bond acceptors (Lipinski definition) is 2. The molecule has 2 aromatic rings. The summed E-state index contributed by atoms with van der Waals surface area (Å²) >= 11 is 11.3. The molecule has 0 saturated heterocycles. The average molecular weight is 307 g/mol. The van der Waals surface area contributed by atoms with Gasteiger partial charge in [0.2, 0.25) is 0 Å². The standard InChI is InChI=1S/C12H7Cl2F3N2/c13-19(14)18(10-4-1-8(15)2-5-10)12-6-3-9(16)7-11(12)17/h1-7H. The predicted molar refractivity (Wildman–Crippen MR) is 68.4 cm³/mol. The van der Waals surface area contributed by atoms with E-state index in [0.29, 0.717) is 15.8 Å². The number of nitrogens with zero attached hydrogens (tertiary/aromatic N) is 2. The first kappa shape index (κ1) is 14.0. The van der Waals surface area contributed by atoms with Crippen molar-refractivity contribution in [2.75, 3.05) is 5.01 Å². The fourth-order valence-corrected chi connectivity index (χ4v) is 1.88. The second-order valence-corrected chi connectivity index (χ2v) is 4.41. The van der Waals surface area contributed by atoms with Crippen LogP contribution in [0.15, 0.2) is 42.5 Å². The quantitative estimate of drug-likeness (QED) is 0.595. The van der Waals surface area contributed by atoms with E-state index in [4.69, 9.17) is 23.6 Å². The van der Waals surface area contributed by atoms with Gasteiger partial charge in [-0.15, -0.1) is 0 Å². The molecule has 0 N–H and O–H groups in total. The van der Waals surface area contributed by atoms with E-state index in [9.17, 15) is 13.2 Å². The van der Waals surface area contributed by atoms with Gasteiger partial charge in [-0.05, 0) is 40.4 Å². The number of rotatable bonds is 3. The lowest BCUT2D eigenvalue weighted by atomic mass is 10.2. The summed E-state index contributed by atoms with van der Waals surface area (Å²) in [5.41, 5.74) is 0.245. The van der Waals surface area contributed by atoms with Crippen LogP contribution in [0.2, 0.25) is 0 Å². The maximum atomic E-state index is 13.7. The number of hydrazine groups is 1. The molecule has 2 rings (SSSR count). The minimum atomic E-state index is -0.851. The van der Waals surface area contributed by atoms with Gasteiger partial charge in [0.1, 0.15) is 11.6 Å². The third-order valence-electron chi connectivity index (χ3n) is 2.36. The Kier molecular flexibility index (Phi) is 4.19. The summed E-state index contributed by atoms with van der Waals surface area (Å²) in [6, 6.07) is 7.98. The van der Waals surface area contributed by atoms with Crippen molar-refractivity contribution in [3.8, 4) is 0 Å². The third-order valence-corrected chi connectivity index (χ3v) is 2.66. The van der Waals surface area contributed by atoms with Gasteiger partial charge in [-0.3, -0.25) is 0 Å². The summed E-state index contributed by atoms with van der Waals surface area (Å²) in [4.78, 5) is 0. The lowest BCUT2D eigenvalue weighted by molar-refractivity contribution is 0.573. The molecule has 0 amide bonds. The van der Waals surface area contributed by atoms with Crippen LogP contribution in [0.4, 0.5) is 24.5 Å². The summed E-state index contributed by atoms with van der Waals surface area (Å²) < 4.78 is 40.0. The highest BCUT2D eigenvalue weighted by molar-refractivity contribution is 6.34. The zero-order valence-corrected chi connectivity index (χ0v) is 10.8. The molecule has 0 radical (unpaired) electrons. The van der Waals surface area contributed by atoms with Gasteiger partial charge in [-0.25, -0.2) is 18.2 Å². The maximum Gasteiger partial charge on any atom is 0.151 e. The first-order valence-electron chi connectivity index (χ1n) is 5.11. The Hall–Kier alpha value is -1.43. The molecule has 0 unspecified atom stereocenters. The molecule has 0 spiro atoms. The maximum absolute atomic E-state index is 13.7. The van der Waals surface area contributed by atoms with Crippen LogP contribution in [0, 0.1) is 17.5 Å². The zero-order valence-electron chi connectivity index (χ0n) is 9.33. The lowest BCUT2D eigenvalue weighted by Gasteiger charge is -2.26. The first-order chi connectivity index (χ1) is 8.99. The molecule has 0 atom stereocenters. The molecule has 0 aliphatic rings. The van der Waals surface area contributed by atoms with Gasteiger partial charge in [0, 0.05) is 29.6 Å². The fraction of sp³-hybridized carbons (Fsp3) is 0. The van der Waals surface area contributed by atoms with Crippen molar-refractivity contribution in [1.82, 2.24) is 4.05 Å². The van der Waals surface area contributed by atoms with Crippen LogP contribution in [0.3, 0.4) is 0 Å². The van der Waals surface area contributed by atoms with Crippen LogP contribution < -0.4 is 5.01 Å². The van der Waals surface area contributed by atoms with Crippen molar-refractivity contribution in [2.45, 2.75) is 0 Å². The smallest absolute Gasteiger partial charge is 0.151 e. The molecule has 0 aliphatic heterocycles. The fourth-order valence-electron chi connectivity index (χ4n) is 1.54. The normalized spacial score (nSPS) is 10.8. The van der Waals surface area contributed by atoms with Gasteiger partial charge in [0.05, 0.1) is 11.4 Å². The van der Waals surface area contributed by atoms with Gasteiger partial charge in [0.15, 0.2) is 5.82 Å². The lowest BCUT2D eigenvalue weighted by Crippen LogP contribution is -2.25. The summed E-state index contributed by atoms with van der Waals surface area (Å²) in [6.45, 7) is 0. The van der Waals surface area contributed by atoms with Gasteiger partial charge >= 0.3 is 0 Å². The topological polar surface area (TPSA) is 6.48 Å². The molecular formula is C12H7Cl2F3N2. The molecule has 19 heavy (non-hydrogen) atoms. The van der Waals surface area contributed by atoms with E-state index >= 15 is 0 Å². The van der Waals surface area contributed by atoms with Gasteiger partial charge in [-0.2, -0.15) is 0 Å². The van der Waals surface area contributed by atoms with Crippen molar-refractivity contribution >= 4 is 34.9 Å². The molecule has 0 heterocycles. The van der Waals surface area contributed by atoms with Crippen molar-refractivity contribution in [3.63, 3.8) is 0 Å². The van der Waals surface area contributed by atoms with E-state index in [1.807, 2.05) is 0 Å². The van der Waals surface area contributed by atoms with E-state index in [1.54, 1.807) is 0 Å². The SMILES string of the molecule is Fc1ccc(N(c2ccc(F)cc2F)N(Cl)Cl)cc1. The van der Waals surface area contributed by atoms with Crippen LogP contribution in [0.25, 0.3) is 0 Å². The Morgan fingerprint density at radius 3 is 1.89 bits per heavy atom. The van der Waals surface area contributed by atoms with Gasteiger partial charge in [-0.1, -0.05) is 0 Å². The van der Waals surface area contributed by atoms with Crippen molar-refractivity contribution in [3.05, 3.63) is 59.9 Å². The van der Waals surface area contributed by atoms with Crippen LogP contribution in [-0.2, 0) is 0 Å². The van der Waals surface area contributed by atoms with E-state index in [1.165, 1.54) is 30.3 Å². The Morgan fingerprint density at radius 1 is 0.789 bits per heavy atom. The average Bonchev–Trinajstić information content (AvgIpc) is 2.34. The summed E-state index contributed by atoms with van der Waals surface area (Å²) in [6.07, 6.45) is 0. The summed E-state index contributed by atoms with van der Waals surface area (Å²) in [5, 5.41) is 1.05. The van der Waals surface area contributed by atoms with E-state index in [0.717, 1.165) is 11.1 Å². The second kappa shape index (κ2) is 5.69.